The predicted octanol–water partition coefficient (Wildman–Crippen LogP) is 3.84. The summed E-state index contributed by atoms with van der Waals surface area (Å²) in [4.78, 5) is 4.25. The number of hydrogen-bond donors (Lipinski definition) is 1. The molecule has 0 saturated heterocycles. The molecule has 0 atom stereocenters. The SMILES string of the molecule is CCCSC(=NC)Nc1ccc(C)cc1C. The third-order valence-corrected chi connectivity index (χ3v) is 3.44. The number of aliphatic imine (C=N–C) groups is 1. The summed E-state index contributed by atoms with van der Waals surface area (Å²) in [6.07, 6.45) is 1.16. The van der Waals surface area contributed by atoms with Crippen molar-refractivity contribution >= 4 is 22.6 Å². The van der Waals surface area contributed by atoms with Crippen molar-refractivity contribution in [3.05, 3.63) is 29.3 Å². The Morgan fingerprint density at radius 2 is 2.12 bits per heavy atom. The van der Waals surface area contributed by atoms with Crippen LogP contribution in [0.25, 0.3) is 0 Å². The lowest BCUT2D eigenvalue weighted by Gasteiger charge is -2.11. The highest BCUT2D eigenvalue weighted by Crippen LogP contribution is 2.18. The van der Waals surface area contributed by atoms with E-state index in [9.17, 15) is 0 Å². The largest absolute Gasteiger partial charge is 0.335 e. The lowest BCUT2D eigenvalue weighted by atomic mass is 10.1. The third-order valence-electron chi connectivity index (χ3n) is 2.27. The fourth-order valence-corrected chi connectivity index (χ4v) is 2.13. The van der Waals surface area contributed by atoms with Crippen LogP contribution in [0.15, 0.2) is 23.2 Å². The summed E-state index contributed by atoms with van der Waals surface area (Å²) in [6.45, 7) is 6.40. The summed E-state index contributed by atoms with van der Waals surface area (Å²) in [5, 5.41) is 4.37. The zero-order chi connectivity index (χ0) is 12.0. The van der Waals surface area contributed by atoms with E-state index in [1.54, 1.807) is 11.8 Å². The summed E-state index contributed by atoms with van der Waals surface area (Å²) < 4.78 is 0. The van der Waals surface area contributed by atoms with Gasteiger partial charge in [-0.1, -0.05) is 36.4 Å². The van der Waals surface area contributed by atoms with Crippen LogP contribution in [-0.4, -0.2) is 18.0 Å². The van der Waals surface area contributed by atoms with Gasteiger partial charge in [0.2, 0.25) is 0 Å². The molecule has 3 heteroatoms. The van der Waals surface area contributed by atoms with E-state index in [1.807, 2.05) is 7.05 Å². The lowest BCUT2D eigenvalue weighted by molar-refractivity contribution is 1.11. The number of nitrogens with one attached hydrogen (secondary N) is 1. The Bertz CT molecular complexity index is 372. The van der Waals surface area contributed by atoms with Gasteiger partial charge in [-0.2, -0.15) is 0 Å². The Morgan fingerprint density at radius 1 is 1.38 bits per heavy atom. The first kappa shape index (κ1) is 13.1. The number of amidine groups is 1. The second-order valence-corrected chi connectivity index (χ2v) is 4.90. The Balaban J connectivity index is 2.71. The van der Waals surface area contributed by atoms with Crippen LogP contribution in [0.3, 0.4) is 0 Å². The lowest BCUT2D eigenvalue weighted by Crippen LogP contribution is -2.09. The maximum absolute atomic E-state index is 4.25. The van der Waals surface area contributed by atoms with E-state index in [2.05, 4.69) is 49.3 Å². The van der Waals surface area contributed by atoms with Crippen molar-refractivity contribution in [2.75, 3.05) is 18.1 Å². The molecular formula is C13H20N2S. The van der Waals surface area contributed by atoms with E-state index in [-0.39, 0.29) is 0 Å². The van der Waals surface area contributed by atoms with Crippen molar-refractivity contribution in [1.82, 2.24) is 0 Å². The zero-order valence-electron chi connectivity index (χ0n) is 10.5. The smallest absolute Gasteiger partial charge is 0.160 e. The first-order valence-corrected chi connectivity index (χ1v) is 6.59. The Kier molecular flexibility index (Phi) is 5.39. The van der Waals surface area contributed by atoms with Crippen LogP contribution < -0.4 is 5.32 Å². The molecule has 88 valence electrons. The minimum Gasteiger partial charge on any atom is -0.335 e. The summed E-state index contributed by atoms with van der Waals surface area (Å²) in [7, 11) is 1.83. The van der Waals surface area contributed by atoms with E-state index in [0.29, 0.717) is 0 Å². The molecule has 1 aromatic rings. The number of benzene rings is 1. The number of nitrogens with zero attached hydrogens (tertiary/aromatic N) is 1. The van der Waals surface area contributed by atoms with Gasteiger partial charge in [-0.15, -0.1) is 0 Å². The molecule has 0 fully saturated rings. The number of aryl methyl sites for hydroxylation is 2. The van der Waals surface area contributed by atoms with Gasteiger partial charge >= 0.3 is 0 Å². The molecule has 2 nitrogen and oxygen atoms in total. The van der Waals surface area contributed by atoms with Gasteiger partial charge in [-0.25, -0.2) is 0 Å². The van der Waals surface area contributed by atoms with E-state index < -0.39 is 0 Å². The van der Waals surface area contributed by atoms with Gasteiger partial charge in [0.25, 0.3) is 0 Å². The molecule has 0 spiro atoms. The fourth-order valence-electron chi connectivity index (χ4n) is 1.42. The molecule has 0 aliphatic rings. The number of thioether (sulfide) groups is 1. The Hall–Kier alpha value is -0.960. The van der Waals surface area contributed by atoms with Crippen molar-refractivity contribution in [2.24, 2.45) is 4.99 Å². The third kappa shape index (κ3) is 3.89. The molecule has 0 bridgehead atoms. The molecular weight excluding hydrogens is 216 g/mol. The normalized spacial score (nSPS) is 11.6. The molecule has 1 rings (SSSR count). The second kappa shape index (κ2) is 6.59. The topological polar surface area (TPSA) is 24.4 Å². The monoisotopic (exact) mass is 236 g/mol. The molecule has 0 aliphatic carbocycles. The maximum Gasteiger partial charge on any atom is 0.160 e. The van der Waals surface area contributed by atoms with Crippen molar-refractivity contribution in [3.63, 3.8) is 0 Å². The predicted molar refractivity (Wildman–Crippen MR) is 75.6 cm³/mol. The maximum atomic E-state index is 4.25. The quantitative estimate of drug-likeness (QED) is 0.637. The fraction of sp³-hybridized carbons (Fsp3) is 0.462. The molecule has 0 heterocycles. The van der Waals surface area contributed by atoms with E-state index in [4.69, 9.17) is 0 Å². The molecule has 0 amide bonds. The van der Waals surface area contributed by atoms with Gasteiger partial charge in [0.05, 0.1) is 0 Å². The van der Waals surface area contributed by atoms with Gasteiger partial charge in [0.1, 0.15) is 0 Å². The van der Waals surface area contributed by atoms with E-state index in [1.165, 1.54) is 11.1 Å². The molecule has 0 aromatic heterocycles. The van der Waals surface area contributed by atoms with Crippen molar-refractivity contribution in [2.45, 2.75) is 27.2 Å². The average Bonchev–Trinajstić information content (AvgIpc) is 2.27. The van der Waals surface area contributed by atoms with Crippen LogP contribution in [0.4, 0.5) is 5.69 Å². The first-order chi connectivity index (χ1) is 7.67. The summed E-state index contributed by atoms with van der Waals surface area (Å²) >= 11 is 1.77. The van der Waals surface area contributed by atoms with Crippen LogP contribution in [-0.2, 0) is 0 Å². The molecule has 0 unspecified atom stereocenters. The van der Waals surface area contributed by atoms with Crippen LogP contribution in [0.5, 0.6) is 0 Å². The van der Waals surface area contributed by atoms with Crippen LogP contribution in [0.2, 0.25) is 0 Å². The molecule has 1 aromatic carbocycles. The molecule has 16 heavy (non-hydrogen) atoms. The standard InChI is InChI=1S/C13H20N2S/c1-5-8-16-13(14-4)15-12-7-6-10(2)9-11(12)3/h6-7,9H,5,8H2,1-4H3,(H,14,15). The van der Waals surface area contributed by atoms with E-state index >= 15 is 0 Å². The van der Waals surface area contributed by atoms with Crippen LogP contribution >= 0.6 is 11.8 Å². The van der Waals surface area contributed by atoms with E-state index in [0.717, 1.165) is 23.0 Å². The van der Waals surface area contributed by atoms with Gasteiger partial charge in [-0.05, 0) is 31.9 Å². The molecule has 0 radical (unpaired) electrons. The van der Waals surface area contributed by atoms with Gasteiger partial charge in [0.15, 0.2) is 5.17 Å². The summed E-state index contributed by atoms with van der Waals surface area (Å²) in [5.74, 6) is 1.10. The number of anilines is 1. The minimum absolute atomic E-state index is 0.994. The molecule has 0 aliphatic heterocycles. The van der Waals surface area contributed by atoms with Gasteiger partial charge < -0.3 is 5.32 Å². The van der Waals surface area contributed by atoms with Gasteiger partial charge in [-0.3, -0.25) is 4.99 Å². The zero-order valence-corrected chi connectivity index (χ0v) is 11.3. The highest BCUT2D eigenvalue weighted by atomic mass is 32.2. The van der Waals surface area contributed by atoms with Crippen molar-refractivity contribution < 1.29 is 0 Å². The van der Waals surface area contributed by atoms with Crippen molar-refractivity contribution in [1.29, 1.82) is 0 Å². The second-order valence-electron chi connectivity index (χ2n) is 3.82. The highest BCUT2D eigenvalue weighted by molar-refractivity contribution is 8.14. The molecule has 0 saturated carbocycles. The Labute approximate surface area is 103 Å². The average molecular weight is 236 g/mol. The number of hydrogen-bond acceptors (Lipinski definition) is 2. The van der Waals surface area contributed by atoms with Gasteiger partial charge in [0, 0.05) is 18.5 Å². The summed E-state index contributed by atoms with van der Waals surface area (Å²) in [5.41, 5.74) is 3.70. The summed E-state index contributed by atoms with van der Waals surface area (Å²) in [6, 6.07) is 6.41. The van der Waals surface area contributed by atoms with Crippen LogP contribution in [0, 0.1) is 13.8 Å². The highest BCUT2D eigenvalue weighted by Gasteiger charge is 2.02. The Morgan fingerprint density at radius 3 is 2.69 bits per heavy atom. The van der Waals surface area contributed by atoms with Crippen LogP contribution in [0.1, 0.15) is 24.5 Å². The van der Waals surface area contributed by atoms with Crippen molar-refractivity contribution in [3.8, 4) is 0 Å². The molecule has 1 N–H and O–H groups in total. The number of rotatable bonds is 3. The first-order valence-electron chi connectivity index (χ1n) is 5.61. The minimum atomic E-state index is 0.994.